The lowest BCUT2D eigenvalue weighted by Crippen LogP contribution is -2.27. The van der Waals surface area contributed by atoms with Gasteiger partial charge in [-0.05, 0) is 48.9 Å². The van der Waals surface area contributed by atoms with Crippen molar-refractivity contribution in [1.82, 2.24) is 10.3 Å². The Balaban J connectivity index is 1.67. The first-order chi connectivity index (χ1) is 12.4. The van der Waals surface area contributed by atoms with E-state index in [4.69, 9.17) is 4.42 Å². The van der Waals surface area contributed by atoms with Crippen LogP contribution < -0.4 is 10.6 Å². The highest BCUT2D eigenvalue weighted by Crippen LogP contribution is 2.23. The van der Waals surface area contributed by atoms with Crippen molar-refractivity contribution in [3.05, 3.63) is 72.4 Å². The Morgan fingerprint density at radius 1 is 1.12 bits per heavy atom. The summed E-state index contributed by atoms with van der Waals surface area (Å²) >= 11 is 0. The monoisotopic (exact) mass is 371 g/mol. The smallest absolute Gasteiger partial charge is 0.319 e. The van der Waals surface area contributed by atoms with Crippen molar-refractivity contribution < 1.29 is 17.6 Å². The summed E-state index contributed by atoms with van der Waals surface area (Å²) < 4.78 is 30.3. The summed E-state index contributed by atoms with van der Waals surface area (Å²) in [5.74, 6) is 0.528. The van der Waals surface area contributed by atoms with Crippen LogP contribution in [-0.2, 0) is 16.4 Å². The van der Waals surface area contributed by atoms with Gasteiger partial charge in [0.15, 0.2) is 6.39 Å². The molecule has 8 heteroatoms. The van der Waals surface area contributed by atoms with E-state index in [0.717, 1.165) is 5.56 Å². The summed E-state index contributed by atoms with van der Waals surface area (Å²) in [6, 6.07) is 12.3. The fourth-order valence-electron chi connectivity index (χ4n) is 2.31. The molecular weight excluding hydrogens is 354 g/mol. The molecule has 0 aliphatic rings. The number of nitrogens with one attached hydrogen (secondary N) is 2. The molecule has 2 N–H and O–H groups in total. The normalized spacial score (nSPS) is 11.1. The molecule has 3 rings (SSSR count). The standard InChI is InChI=1S/C18H17N3O4S/c1-13-3-2-4-17(9-13)26(23,24)16-7-5-14(6-8-16)21-18(22)20-11-15-10-19-12-25-15/h2-10,12H,11H2,1H3,(H2,20,21,22). The third-order valence-electron chi connectivity index (χ3n) is 3.63. The molecule has 0 spiro atoms. The Morgan fingerprint density at radius 2 is 1.88 bits per heavy atom. The Labute approximate surface area is 151 Å². The number of carbonyl (C=O) groups excluding carboxylic acids is 1. The fraction of sp³-hybridized carbons (Fsp3) is 0.111. The lowest BCUT2D eigenvalue weighted by molar-refractivity contribution is 0.251. The predicted octanol–water partition coefficient (Wildman–Crippen LogP) is 3.14. The maximum absolute atomic E-state index is 12.6. The zero-order chi connectivity index (χ0) is 18.6. The number of aromatic nitrogens is 1. The Hall–Kier alpha value is -3.13. The van der Waals surface area contributed by atoms with E-state index in [0.29, 0.717) is 11.4 Å². The average Bonchev–Trinajstić information content (AvgIpc) is 3.14. The van der Waals surface area contributed by atoms with Gasteiger partial charge in [-0.1, -0.05) is 12.1 Å². The van der Waals surface area contributed by atoms with Crippen LogP contribution in [0.4, 0.5) is 10.5 Å². The van der Waals surface area contributed by atoms with Gasteiger partial charge in [-0.2, -0.15) is 0 Å². The third kappa shape index (κ3) is 4.09. The summed E-state index contributed by atoms with van der Waals surface area (Å²) in [5.41, 5.74) is 1.34. The molecule has 0 radical (unpaired) electrons. The van der Waals surface area contributed by atoms with Gasteiger partial charge in [0.25, 0.3) is 0 Å². The largest absolute Gasteiger partial charge is 0.447 e. The van der Waals surface area contributed by atoms with Crippen LogP contribution >= 0.6 is 0 Å². The van der Waals surface area contributed by atoms with Crippen molar-refractivity contribution >= 4 is 21.6 Å². The first-order valence-electron chi connectivity index (χ1n) is 7.79. The second-order valence-corrected chi connectivity index (χ2v) is 7.57. The molecule has 0 saturated carbocycles. The van der Waals surface area contributed by atoms with Gasteiger partial charge >= 0.3 is 6.03 Å². The van der Waals surface area contributed by atoms with Gasteiger partial charge in [0, 0.05) is 5.69 Å². The summed E-state index contributed by atoms with van der Waals surface area (Å²) in [7, 11) is -3.59. The van der Waals surface area contributed by atoms with Crippen LogP contribution in [0.2, 0.25) is 0 Å². The molecule has 2 aromatic carbocycles. The second-order valence-electron chi connectivity index (χ2n) is 5.62. The first-order valence-corrected chi connectivity index (χ1v) is 9.27. The Kier molecular flexibility index (Phi) is 5.04. The van der Waals surface area contributed by atoms with E-state index in [2.05, 4.69) is 15.6 Å². The van der Waals surface area contributed by atoms with Crippen molar-refractivity contribution in [2.45, 2.75) is 23.3 Å². The first kappa shape index (κ1) is 17.7. The number of nitrogens with zero attached hydrogens (tertiary/aromatic N) is 1. The second kappa shape index (κ2) is 7.40. The van der Waals surface area contributed by atoms with Crippen molar-refractivity contribution in [3.63, 3.8) is 0 Å². The van der Waals surface area contributed by atoms with E-state index in [1.807, 2.05) is 13.0 Å². The number of hydrogen-bond donors (Lipinski definition) is 2. The van der Waals surface area contributed by atoms with Gasteiger partial charge in [-0.15, -0.1) is 0 Å². The Morgan fingerprint density at radius 3 is 2.54 bits per heavy atom. The van der Waals surface area contributed by atoms with E-state index in [9.17, 15) is 13.2 Å². The van der Waals surface area contributed by atoms with Crippen LogP contribution in [0.15, 0.2) is 75.3 Å². The van der Waals surface area contributed by atoms with Crippen molar-refractivity contribution in [2.75, 3.05) is 5.32 Å². The molecule has 0 aliphatic carbocycles. The minimum absolute atomic E-state index is 0.163. The van der Waals surface area contributed by atoms with Gasteiger partial charge in [-0.25, -0.2) is 18.2 Å². The maximum Gasteiger partial charge on any atom is 0.319 e. The summed E-state index contributed by atoms with van der Waals surface area (Å²) in [6.45, 7) is 2.04. The molecule has 134 valence electrons. The molecule has 0 aliphatic heterocycles. The summed E-state index contributed by atoms with van der Waals surface area (Å²) in [5, 5.41) is 5.23. The lowest BCUT2D eigenvalue weighted by atomic mass is 10.2. The van der Waals surface area contributed by atoms with Crippen LogP contribution in [0.3, 0.4) is 0 Å². The van der Waals surface area contributed by atoms with E-state index in [1.54, 1.807) is 18.2 Å². The molecule has 26 heavy (non-hydrogen) atoms. The van der Waals surface area contributed by atoms with E-state index in [-0.39, 0.29) is 16.3 Å². The van der Waals surface area contributed by atoms with Crippen molar-refractivity contribution in [1.29, 1.82) is 0 Å². The van der Waals surface area contributed by atoms with Crippen LogP contribution in [0.5, 0.6) is 0 Å². The summed E-state index contributed by atoms with van der Waals surface area (Å²) in [4.78, 5) is 16.0. The molecule has 0 bridgehead atoms. The molecule has 0 unspecified atom stereocenters. The van der Waals surface area contributed by atoms with E-state index in [1.165, 1.54) is 36.9 Å². The van der Waals surface area contributed by atoms with Gasteiger partial charge < -0.3 is 15.1 Å². The van der Waals surface area contributed by atoms with Crippen LogP contribution in [0.1, 0.15) is 11.3 Å². The van der Waals surface area contributed by atoms with Crippen molar-refractivity contribution in [2.24, 2.45) is 0 Å². The zero-order valence-electron chi connectivity index (χ0n) is 14.0. The minimum Gasteiger partial charge on any atom is -0.447 e. The number of urea groups is 1. The van der Waals surface area contributed by atoms with E-state index >= 15 is 0 Å². The number of hydrogen-bond acceptors (Lipinski definition) is 5. The SMILES string of the molecule is Cc1cccc(S(=O)(=O)c2ccc(NC(=O)NCc3cnco3)cc2)c1. The predicted molar refractivity (Wildman–Crippen MR) is 95.4 cm³/mol. The molecule has 2 amide bonds. The molecule has 0 fully saturated rings. The minimum atomic E-state index is -3.59. The molecular formula is C18H17N3O4S. The topological polar surface area (TPSA) is 101 Å². The number of benzene rings is 2. The number of aryl methyl sites for hydroxylation is 1. The van der Waals surface area contributed by atoms with Crippen molar-refractivity contribution in [3.8, 4) is 0 Å². The number of carbonyl (C=O) groups is 1. The van der Waals surface area contributed by atoms with Gasteiger partial charge in [-0.3, -0.25) is 0 Å². The number of anilines is 1. The van der Waals surface area contributed by atoms with Gasteiger partial charge in [0.1, 0.15) is 5.76 Å². The summed E-state index contributed by atoms with van der Waals surface area (Å²) in [6.07, 6.45) is 2.79. The third-order valence-corrected chi connectivity index (χ3v) is 5.40. The van der Waals surface area contributed by atoms with Crippen LogP contribution in [0.25, 0.3) is 0 Å². The van der Waals surface area contributed by atoms with Crippen LogP contribution in [0, 0.1) is 6.92 Å². The van der Waals surface area contributed by atoms with Crippen LogP contribution in [-0.4, -0.2) is 19.4 Å². The van der Waals surface area contributed by atoms with Gasteiger partial charge in [0.2, 0.25) is 9.84 Å². The highest BCUT2D eigenvalue weighted by molar-refractivity contribution is 7.91. The fourth-order valence-corrected chi connectivity index (χ4v) is 3.67. The molecule has 1 aromatic heterocycles. The molecule has 0 atom stereocenters. The van der Waals surface area contributed by atoms with E-state index < -0.39 is 15.9 Å². The average molecular weight is 371 g/mol. The quantitative estimate of drug-likeness (QED) is 0.717. The number of oxazole rings is 1. The number of sulfone groups is 1. The number of rotatable bonds is 5. The van der Waals surface area contributed by atoms with Gasteiger partial charge in [0.05, 0.1) is 22.5 Å². The highest BCUT2D eigenvalue weighted by Gasteiger charge is 2.17. The highest BCUT2D eigenvalue weighted by atomic mass is 32.2. The Bertz CT molecular complexity index is 997. The molecule has 1 heterocycles. The lowest BCUT2D eigenvalue weighted by Gasteiger charge is -2.09. The maximum atomic E-state index is 12.6. The molecule has 0 saturated heterocycles. The zero-order valence-corrected chi connectivity index (χ0v) is 14.8. The molecule has 3 aromatic rings. The molecule has 7 nitrogen and oxygen atoms in total. The number of amides is 2.